The van der Waals surface area contributed by atoms with E-state index in [9.17, 15) is 9.18 Å². The van der Waals surface area contributed by atoms with Gasteiger partial charge >= 0.3 is 0 Å². The zero-order chi connectivity index (χ0) is 20.1. The minimum atomic E-state index is -0.327. The van der Waals surface area contributed by atoms with E-state index in [1.807, 2.05) is 12.1 Å². The van der Waals surface area contributed by atoms with Crippen LogP contribution in [-0.2, 0) is 4.79 Å². The van der Waals surface area contributed by atoms with Crippen molar-refractivity contribution in [3.8, 4) is 5.75 Å². The number of hydrogen-bond acceptors (Lipinski definition) is 6. The van der Waals surface area contributed by atoms with Gasteiger partial charge in [0.2, 0.25) is 0 Å². The molecule has 1 aromatic carbocycles. The number of anilines is 2. The first kappa shape index (κ1) is 19.4. The normalized spacial score (nSPS) is 17.3. The molecule has 1 aromatic heterocycles. The smallest absolute Gasteiger partial charge is 0.260 e. The van der Waals surface area contributed by atoms with Crippen molar-refractivity contribution in [3.05, 3.63) is 42.2 Å². The summed E-state index contributed by atoms with van der Waals surface area (Å²) in [5.74, 6) is 1.88. The van der Waals surface area contributed by atoms with Gasteiger partial charge in [-0.1, -0.05) is 0 Å². The Morgan fingerprint density at radius 2 is 1.41 bits per heavy atom. The number of ether oxygens (including phenoxy) is 1. The van der Waals surface area contributed by atoms with E-state index in [1.54, 1.807) is 4.90 Å². The number of benzene rings is 1. The summed E-state index contributed by atoms with van der Waals surface area (Å²) in [4.78, 5) is 18.6. The molecule has 1 amide bonds. The lowest BCUT2D eigenvalue weighted by atomic mass is 10.1. The fourth-order valence-electron chi connectivity index (χ4n) is 3.73. The molecule has 29 heavy (non-hydrogen) atoms. The van der Waals surface area contributed by atoms with Crippen molar-refractivity contribution in [1.82, 2.24) is 15.1 Å². The molecular formula is C21H26FN5O2. The lowest BCUT2D eigenvalue weighted by molar-refractivity contribution is -0.133. The van der Waals surface area contributed by atoms with E-state index >= 15 is 0 Å². The summed E-state index contributed by atoms with van der Waals surface area (Å²) in [5.41, 5.74) is 0. The van der Waals surface area contributed by atoms with Gasteiger partial charge in [-0.3, -0.25) is 4.79 Å². The van der Waals surface area contributed by atoms with Gasteiger partial charge in [-0.25, -0.2) is 4.39 Å². The summed E-state index contributed by atoms with van der Waals surface area (Å²) in [7, 11) is 0. The maximum absolute atomic E-state index is 12.9. The van der Waals surface area contributed by atoms with Gasteiger partial charge in [0.15, 0.2) is 18.2 Å². The van der Waals surface area contributed by atoms with Crippen molar-refractivity contribution in [2.75, 3.05) is 55.7 Å². The van der Waals surface area contributed by atoms with Crippen molar-refractivity contribution in [2.24, 2.45) is 0 Å². The minimum Gasteiger partial charge on any atom is -0.484 e. The quantitative estimate of drug-likeness (QED) is 0.769. The maximum Gasteiger partial charge on any atom is 0.260 e. The third kappa shape index (κ3) is 4.93. The summed E-state index contributed by atoms with van der Waals surface area (Å²) in [6, 6.07) is 9.74. The minimum absolute atomic E-state index is 0.0457. The van der Waals surface area contributed by atoms with E-state index in [0.717, 1.165) is 24.7 Å². The predicted molar refractivity (Wildman–Crippen MR) is 109 cm³/mol. The highest BCUT2D eigenvalue weighted by Gasteiger charge is 2.23. The summed E-state index contributed by atoms with van der Waals surface area (Å²) in [6.45, 7) is 4.70. The first-order valence-corrected chi connectivity index (χ1v) is 10.2. The number of halogens is 1. The zero-order valence-corrected chi connectivity index (χ0v) is 16.5. The second kappa shape index (κ2) is 9.07. The van der Waals surface area contributed by atoms with E-state index in [4.69, 9.17) is 4.74 Å². The van der Waals surface area contributed by atoms with Crippen molar-refractivity contribution >= 4 is 17.5 Å². The Bertz CT molecular complexity index is 801. The van der Waals surface area contributed by atoms with E-state index in [-0.39, 0.29) is 18.3 Å². The molecule has 154 valence electrons. The molecule has 0 saturated carbocycles. The Labute approximate surface area is 170 Å². The van der Waals surface area contributed by atoms with Crippen molar-refractivity contribution < 1.29 is 13.9 Å². The molecule has 0 spiro atoms. The molecule has 2 aromatic rings. The van der Waals surface area contributed by atoms with Gasteiger partial charge in [0.05, 0.1) is 0 Å². The number of aromatic nitrogens is 2. The first-order chi connectivity index (χ1) is 14.2. The highest BCUT2D eigenvalue weighted by atomic mass is 19.1. The number of piperidine rings is 1. The summed E-state index contributed by atoms with van der Waals surface area (Å²) in [6.07, 6.45) is 3.72. The molecule has 0 unspecified atom stereocenters. The molecule has 8 heteroatoms. The van der Waals surface area contributed by atoms with Crippen molar-refractivity contribution in [1.29, 1.82) is 0 Å². The standard InChI is InChI=1S/C21H26FN5O2/c22-17-4-6-18(7-5-17)29-16-21(28)27-14-12-26(13-15-27)20-9-8-19(23-24-20)25-10-2-1-3-11-25/h4-9H,1-3,10-16H2. The number of carbonyl (C=O) groups excluding carboxylic acids is 1. The molecule has 2 aliphatic rings. The molecule has 4 rings (SSSR count). The molecule has 0 radical (unpaired) electrons. The van der Waals surface area contributed by atoms with E-state index in [2.05, 4.69) is 20.0 Å². The fraction of sp³-hybridized carbons (Fsp3) is 0.476. The lowest BCUT2D eigenvalue weighted by Gasteiger charge is -2.35. The topological polar surface area (TPSA) is 61.8 Å². The van der Waals surface area contributed by atoms with Gasteiger partial charge in [-0.2, -0.15) is 0 Å². The largest absolute Gasteiger partial charge is 0.484 e. The molecule has 0 N–H and O–H groups in total. The summed E-state index contributed by atoms with van der Waals surface area (Å²) < 4.78 is 18.4. The lowest BCUT2D eigenvalue weighted by Crippen LogP contribution is -2.50. The zero-order valence-electron chi connectivity index (χ0n) is 16.5. The first-order valence-electron chi connectivity index (χ1n) is 10.2. The van der Waals surface area contributed by atoms with Crippen LogP contribution in [0.25, 0.3) is 0 Å². The van der Waals surface area contributed by atoms with E-state index in [0.29, 0.717) is 31.9 Å². The number of rotatable bonds is 5. The average molecular weight is 399 g/mol. The molecule has 2 saturated heterocycles. The molecule has 7 nitrogen and oxygen atoms in total. The Kier molecular flexibility index (Phi) is 6.07. The fourth-order valence-corrected chi connectivity index (χ4v) is 3.73. The molecule has 2 aliphatic heterocycles. The van der Waals surface area contributed by atoms with Crippen LogP contribution in [0, 0.1) is 5.82 Å². The molecular weight excluding hydrogens is 373 g/mol. The van der Waals surface area contributed by atoms with Gasteiger partial charge in [0.1, 0.15) is 11.6 Å². The summed E-state index contributed by atoms with van der Waals surface area (Å²) in [5, 5.41) is 8.81. The summed E-state index contributed by atoms with van der Waals surface area (Å²) >= 11 is 0. The Hall–Kier alpha value is -2.90. The third-order valence-electron chi connectivity index (χ3n) is 5.45. The maximum atomic E-state index is 12.9. The van der Waals surface area contributed by atoms with Crippen LogP contribution in [0.2, 0.25) is 0 Å². The van der Waals surface area contributed by atoms with Crippen molar-refractivity contribution in [2.45, 2.75) is 19.3 Å². The average Bonchev–Trinajstić information content (AvgIpc) is 2.79. The van der Waals surface area contributed by atoms with Gasteiger partial charge in [0, 0.05) is 39.3 Å². The highest BCUT2D eigenvalue weighted by Crippen LogP contribution is 2.20. The molecule has 0 bridgehead atoms. The Morgan fingerprint density at radius 3 is 2.00 bits per heavy atom. The number of amides is 1. The van der Waals surface area contributed by atoms with Crippen LogP contribution in [0.3, 0.4) is 0 Å². The molecule has 2 fully saturated rings. The molecule has 0 aliphatic carbocycles. The number of hydrogen-bond donors (Lipinski definition) is 0. The van der Waals surface area contributed by atoms with Crippen LogP contribution in [0.15, 0.2) is 36.4 Å². The van der Waals surface area contributed by atoms with Crippen LogP contribution in [0.5, 0.6) is 5.75 Å². The highest BCUT2D eigenvalue weighted by molar-refractivity contribution is 5.78. The monoisotopic (exact) mass is 399 g/mol. The van der Waals surface area contributed by atoms with Gasteiger partial charge in [0.25, 0.3) is 5.91 Å². The Morgan fingerprint density at radius 1 is 0.828 bits per heavy atom. The Balaban J connectivity index is 1.25. The number of nitrogens with zero attached hydrogens (tertiary/aromatic N) is 5. The van der Waals surface area contributed by atoms with Crippen LogP contribution in [0.4, 0.5) is 16.0 Å². The number of carbonyl (C=O) groups is 1. The third-order valence-corrected chi connectivity index (χ3v) is 5.45. The van der Waals surface area contributed by atoms with Gasteiger partial charge < -0.3 is 19.4 Å². The van der Waals surface area contributed by atoms with Crippen molar-refractivity contribution in [3.63, 3.8) is 0 Å². The van der Waals surface area contributed by atoms with Gasteiger partial charge in [-0.05, 0) is 55.7 Å². The van der Waals surface area contributed by atoms with E-state index in [1.165, 1.54) is 43.5 Å². The van der Waals surface area contributed by atoms with Crippen LogP contribution < -0.4 is 14.5 Å². The van der Waals surface area contributed by atoms with Crippen LogP contribution in [-0.4, -0.2) is 66.9 Å². The number of piperazine rings is 1. The van der Waals surface area contributed by atoms with Crippen LogP contribution in [0.1, 0.15) is 19.3 Å². The van der Waals surface area contributed by atoms with Crippen LogP contribution >= 0.6 is 0 Å². The second-order valence-corrected chi connectivity index (χ2v) is 7.41. The predicted octanol–water partition coefficient (Wildman–Crippen LogP) is 2.33. The molecule has 0 atom stereocenters. The van der Waals surface area contributed by atoms with Gasteiger partial charge in [-0.15, -0.1) is 10.2 Å². The second-order valence-electron chi connectivity index (χ2n) is 7.41. The molecule has 3 heterocycles. The van der Waals surface area contributed by atoms with E-state index < -0.39 is 0 Å². The SMILES string of the molecule is O=C(COc1ccc(F)cc1)N1CCN(c2ccc(N3CCCCC3)nn2)CC1.